The van der Waals surface area contributed by atoms with Gasteiger partial charge in [0.2, 0.25) is 0 Å². The first kappa shape index (κ1) is 19.5. The maximum absolute atomic E-state index is 12.6. The quantitative estimate of drug-likeness (QED) is 0.514. The largest absolute Gasteiger partial charge is 0.489 e. The molecule has 1 amide bonds. The lowest BCUT2D eigenvalue weighted by molar-refractivity contribution is 0.0942. The molecule has 0 spiro atoms. The fraction of sp³-hybridized carbons (Fsp3) is 0.357. The van der Waals surface area contributed by atoms with E-state index in [2.05, 4.69) is 34.8 Å². The number of hydrazone groups is 1. The topological polar surface area (TPSA) is 50.7 Å². The van der Waals surface area contributed by atoms with Gasteiger partial charge in [0.05, 0.1) is 0 Å². The number of benzene rings is 3. The van der Waals surface area contributed by atoms with Crippen LogP contribution in [0.4, 0.5) is 0 Å². The lowest BCUT2D eigenvalue weighted by Gasteiger charge is -2.50. The van der Waals surface area contributed by atoms with Gasteiger partial charge in [0, 0.05) is 11.3 Å². The van der Waals surface area contributed by atoms with Crippen LogP contribution in [0.5, 0.6) is 5.75 Å². The van der Waals surface area contributed by atoms with Gasteiger partial charge in [-0.15, -0.1) is 0 Å². The molecule has 4 nitrogen and oxygen atoms in total. The summed E-state index contributed by atoms with van der Waals surface area (Å²) in [5.74, 6) is 3.71. The number of hydrogen-bond donors (Lipinski definition) is 1. The summed E-state index contributed by atoms with van der Waals surface area (Å²) < 4.78 is 5.96. The second-order valence-electron chi connectivity index (χ2n) is 9.78. The normalized spacial score (nSPS) is 25.7. The van der Waals surface area contributed by atoms with Gasteiger partial charge in [-0.2, -0.15) is 5.10 Å². The number of nitrogens with one attached hydrogen (secondary N) is 1. The van der Waals surface area contributed by atoms with Crippen LogP contribution < -0.4 is 10.2 Å². The van der Waals surface area contributed by atoms with E-state index in [9.17, 15) is 4.79 Å². The molecule has 0 unspecified atom stereocenters. The Kier molecular flexibility index (Phi) is 4.94. The second kappa shape index (κ2) is 8.09. The Morgan fingerprint density at radius 1 is 0.844 bits per heavy atom. The van der Waals surface area contributed by atoms with Crippen molar-refractivity contribution in [1.29, 1.82) is 0 Å². The Hall–Kier alpha value is -3.14. The summed E-state index contributed by atoms with van der Waals surface area (Å²) in [6.07, 6.45) is 6.51. The number of rotatable bonds is 5. The van der Waals surface area contributed by atoms with E-state index in [4.69, 9.17) is 4.74 Å². The van der Waals surface area contributed by atoms with E-state index in [1.54, 1.807) is 0 Å². The molecular formula is C28H28N2O2. The zero-order chi connectivity index (χ0) is 21.5. The third kappa shape index (κ3) is 3.79. The number of hydrogen-bond acceptors (Lipinski definition) is 3. The first-order valence-electron chi connectivity index (χ1n) is 11.8. The van der Waals surface area contributed by atoms with Crippen molar-refractivity contribution in [2.75, 3.05) is 0 Å². The maximum Gasteiger partial charge on any atom is 0.271 e. The van der Waals surface area contributed by atoms with E-state index in [0.29, 0.717) is 24.0 Å². The van der Waals surface area contributed by atoms with Gasteiger partial charge in [-0.1, -0.05) is 42.5 Å². The van der Waals surface area contributed by atoms with Gasteiger partial charge in [-0.05, 0) is 96.4 Å². The van der Waals surface area contributed by atoms with Gasteiger partial charge in [0.1, 0.15) is 12.4 Å². The van der Waals surface area contributed by atoms with Crippen LogP contribution in [0.1, 0.15) is 48.0 Å². The SMILES string of the molecule is O=C(NN=C1C2CC3CC(C2)CC1C3)c1ccc(COc2ccc3ccccc3c2)cc1. The first-order chi connectivity index (χ1) is 15.7. The molecular weight excluding hydrogens is 396 g/mol. The van der Waals surface area contributed by atoms with E-state index >= 15 is 0 Å². The number of fused-ring (bicyclic) bond motifs is 1. The van der Waals surface area contributed by atoms with E-state index in [1.165, 1.54) is 43.2 Å². The minimum absolute atomic E-state index is 0.131. The molecule has 0 saturated heterocycles. The first-order valence-corrected chi connectivity index (χ1v) is 11.8. The lowest BCUT2D eigenvalue weighted by atomic mass is 9.55. The Balaban J connectivity index is 1.07. The van der Waals surface area contributed by atoms with Crippen LogP contribution in [-0.2, 0) is 6.61 Å². The molecule has 0 aliphatic heterocycles. The van der Waals surface area contributed by atoms with Crippen molar-refractivity contribution in [3.05, 3.63) is 77.9 Å². The minimum atomic E-state index is -0.131. The molecule has 0 atom stereocenters. The molecule has 4 aliphatic rings. The van der Waals surface area contributed by atoms with Crippen molar-refractivity contribution in [2.45, 2.75) is 38.7 Å². The van der Waals surface area contributed by atoms with Gasteiger partial charge in [0.25, 0.3) is 5.91 Å². The molecule has 4 bridgehead atoms. The summed E-state index contributed by atoms with van der Waals surface area (Å²) in [6.45, 7) is 0.467. The zero-order valence-corrected chi connectivity index (χ0v) is 18.2. The predicted octanol–water partition coefficient (Wildman–Crippen LogP) is 5.96. The maximum atomic E-state index is 12.6. The third-order valence-corrected chi connectivity index (χ3v) is 7.60. The number of carbonyl (C=O) groups is 1. The monoisotopic (exact) mass is 424 g/mol. The van der Waals surface area contributed by atoms with Crippen molar-refractivity contribution in [1.82, 2.24) is 5.43 Å². The fourth-order valence-electron chi connectivity index (χ4n) is 6.21. The van der Waals surface area contributed by atoms with Crippen LogP contribution in [0, 0.1) is 23.7 Å². The van der Waals surface area contributed by atoms with Crippen LogP contribution in [0.25, 0.3) is 10.8 Å². The molecule has 162 valence electrons. The number of carbonyl (C=O) groups excluding carboxylic acids is 1. The molecule has 3 aromatic rings. The van der Waals surface area contributed by atoms with E-state index in [-0.39, 0.29) is 5.91 Å². The van der Waals surface area contributed by atoms with Gasteiger partial charge in [-0.3, -0.25) is 4.79 Å². The Morgan fingerprint density at radius 2 is 1.53 bits per heavy atom. The van der Waals surface area contributed by atoms with Crippen molar-refractivity contribution in [2.24, 2.45) is 28.8 Å². The Morgan fingerprint density at radius 3 is 2.25 bits per heavy atom. The molecule has 32 heavy (non-hydrogen) atoms. The van der Waals surface area contributed by atoms with Crippen molar-refractivity contribution in [3.8, 4) is 5.75 Å². The highest BCUT2D eigenvalue weighted by molar-refractivity contribution is 5.96. The van der Waals surface area contributed by atoms with Gasteiger partial charge in [-0.25, -0.2) is 5.43 Å². The summed E-state index contributed by atoms with van der Waals surface area (Å²) >= 11 is 0. The van der Waals surface area contributed by atoms with Crippen LogP contribution in [0.15, 0.2) is 71.8 Å². The van der Waals surface area contributed by atoms with Crippen LogP contribution >= 0.6 is 0 Å². The standard InChI is InChI=1S/C28H28N2O2/c31-28(30-29-27-24-12-19-11-20(14-24)15-25(27)13-19)22-7-5-18(6-8-22)17-32-26-10-9-21-3-1-2-4-23(21)16-26/h1-10,16,19-20,24-25H,11-15,17H2,(H,30,31). The molecule has 4 aliphatic carbocycles. The van der Waals surface area contributed by atoms with E-state index in [0.717, 1.165) is 28.5 Å². The predicted molar refractivity (Wildman–Crippen MR) is 127 cm³/mol. The highest BCUT2D eigenvalue weighted by Crippen LogP contribution is 2.52. The molecule has 4 saturated carbocycles. The Bertz CT molecular complexity index is 1150. The molecule has 0 heterocycles. The summed E-state index contributed by atoms with van der Waals surface area (Å²) in [4.78, 5) is 12.6. The van der Waals surface area contributed by atoms with Gasteiger partial charge in [0.15, 0.2) is 0 Å². The summed E-state index contributed by atoms with van der Waals surface area (Å²) in [5.41, 5.74) is 5.76. The zero-order valence-electron chi connectivity index (χ0n) is 18.2. The van der Waals surface area contributed by atoms with Crippen molar-refractivity contribution < 1.29 is 9.53 Å². The minimum Gasteiger partial charge on any atom is -0.489 e. The average molecular weight is 425 g/mol. The molecule has 7 rings (SSSR count). The highest BCUT2D eigenvalue weighted by Gasteiger charge is 2.46. The molecule has 4 heteroatoms. The van der Waals surface area contributed by atoms with Crippen LogP contribution in [-0.4, -0.2) is 11.6 Å². The highest BCUT2D eigenvalue weighted by atomic mass is 16.5. The lowest BCUT2D eigenvalue weighted by Crippen LogP contribution is -2.46. The fourth-order valence-corrected chi connectivity index (χ4v) is 6.21. The second-order valence-corrected chi connectivity index (χ2v) is 9.78. The number of amides is 1. The average Bonchev–Trinajstić information content (AvgIpc) is 2.82. The smallest absolute Gasteiger partial charge is 0.271 e. The van der Waals surface area contributed by atoms with Crippen molar-refractivity contribution >= 4 is 22.4 Å². The van der Waals surface area contributed by atoms with E-state index < -0.39 is 0 Å². The van der Waals surface area contributed by atoms with Crippen LogP contribution in [0.3, 0.4) is 0 Å². The molecule has 4 fully saturated rings. The molecule has 3 aromatic carbocycles. The summed E-state index contributed by atoms with van der Waals surface area (Å²) in [7, 11) is 0. The molecule has 0 aromatic heterocycles. The van der Waals surface area contributed by atoms with Crippen molar-refractivity contribution in [3.63, 3.8) is 0 Å². The number of nitrogens with zero attached hydrogens (tertiary/aromatic N) is 1. The number of ether oxygens (including phenoxy) is 1. The van der Waals surface area contributed by atoms with E-state index in [1.807, 2.05) is 42.5 Å². The Labute approximate surface area is 188 Å². The van der Waals surface area contributed by atoms with Gasteiger partial charge >= 0.3 is 0 Å². The van der Waals surface area contributed by atoms with Crippen LogP contribution in [0.2, 0.25) is 0 Å². The third-order valence-electron chi connectivity index (χ3n) is 7.60. The summed E-state index contributed by atoms with van der Waals surface area (Å²) in [6, 6.07) is 22.0. The molecule has 1 N–H and O–H groups in total. The molecule has 0 radical (unpaired) electrons. The summed E-state index contributed by atoms with van der Waals surface area (Å²) in [5, 5.41) is 6.98. The van der Waals surface area contributed by atoms with Gasteiger partial charge < -0.3 is 4.74 Å².